The van der Waals surface area contributed by atoms with Gasteiger partial charge in [-0.3, -0.25) is 14.9 Å². The Bertz CT molecular complexity index is 951. The van der Waals surface area contributed by atoms with Crippen LogP contribution in [0.25, 0.3) is 0 Å². The van der Waals surface area contributed by atoms with Gasteiger partial charge in [-0.15, -0.1) is 11.3 Å². The summed E-state index contributed by atoms with van der Waals surface area (Å²) in [7, 11) is 0. The quantitative estimate of drug-likeness (QED) is 0.574. The summed E-state index contributed by atoms with van der Waals surface area (Å²) in [5, 5.41) is 4.65. The minimum absolute atomic E-state index is 0.0475. The van der Waals surface area contributed by atoms with Crippen LogP contribution < -0.4 is 10.1 Å². The number of carbonyl (C=O) groups is 2. The summed E-state index contributed by atoms with van der Waals surface area (Å²) >= 11 is 1.20. The number of ether oxygens (including phenoxy) is 2. The first-order chi connectivity index (χ1) is 13.5. The molecule has 28 heavy (non-hydrogen) atoms. The molecule has 1 aromatic carbocycles. The van der Waals surface area contributed by atoms with E-state index in [0.29, 0.717) is 28.9 Å². The lowest BCUT2D eigenvalue weighted by atomic mass is 10.3. The van der Waals surface area contributed by atoms with Gasteiger partial charge in [0.1, 0.15) is 23.9 Å². The Morgan fingerprint density at radius 3 is 2.75 bits per heavy atom. The lowest BCUT2D eigenvalue weighted by molar-refractivity contribution is -0.142. The molecule has 0 spiro atoms. The van der Waals surface area contributed by atoms with E-state index in [0.717, 1.165) is 0 Å². The van der Waals surface area contributed by atoms with Gasteiger partial charge in [-0.05, 0) is 43.3 Å². The first-order valence-corrected chi connectivity index (χ1v) is 9.30. The molecule has 2 aromatic heterocycles. The standard InChI is InChI=1S/C19H17FN2O5S/c1-2-25-17(23)9-13-11-28-19(21-13)22-18(24)16-8-7-15(27-16)10-26-14-5-3-12(20)4-6-14/h3-8,11H,2,9-10H2,1H3,(H,21,22,24). The fraction of sp³-hybridized carbons (Fsp3) is 0.211. The molecule has 0 bridgehead atoms. The van der Waals surface area contributed by atoms with Crippen LogP contribution in [0, 0.1) is 5.82 Å². The minimum Gasteiger partial charge on any atom is -0.486 e. The Morgan fingerprint density at radius 2 is 2.00 bits per heavy atom. The molecule has 1 N–H and O–H groups in total. The van der Waals surface area contributed by atoms with Gasteiger partial charge in [-0.25, -0.2) is 9.37 Å². The van der Waals surface area contributed by atoms with Crippen molar-refractivity contribution >= 4 is 28.3 Å². The number of nitrogens with one attached hydrogen (secondary N) is 1. The maximum absolute atomic E-state index is 12.9. The number of anilines is 1. The largest absolute Gasteiger partial charge is 0.486 e. The second-order valence-electron chi connectivity index (χ2n) is 5.59. The van der Waals surface area contributed by atoms with Gasteiger partial charge >= 0.3 is 5.97 Å². The van der Waals surface area contributed by atoms with Crippen LogP contribution in [0.5, 0.6) is 5.75 Å². The van der Waals surface area contributed by atoms with Crippen LogP contribution in [0.15, 0.2) is 46.2 Å². The molecule has 0 radical (unpaired) electrons. The van der Waals surface area contributed by atoms with Gasteiger partial charge in [0.2, 0.25) is 0 Å². The fourth-order valence-electron chi connectivity index (χ4n) is 2.23. The molecule has 0 aliphatic heterocycles. The number of esters is 1. The Balaban J connectivity index is 1.53. The van der Waals surface area contributed by atoms with Gasteiger partial charge in [0.05, 0.1) is 18.7 Å². The molecule has 0 unspecified atom stereocenters. The molecule has 1 amide bonds. The summed E-state index contributed by atoms with van der Waals surface area (Å²) in [6, 6.07) is 8.73. The van der Waals surface area contributed by atoms with Crippen molar-refractivity contribution in [3.63, 3.8) is 0 Å². The number of benzene rings is 1. The fourth-order valence-corrected chi connectivity index (χ4v) is 2.93. The van der Waals surface area contributed by atoms with Crippen LogP contribution in [0.3, 0.4) is 0 Å². The van der Waals surface area contributed by atoms with E-state index < -0.39 is 5.91 Å². The van der Waals surface area contributed by atoms with Crippen molar-refractivity contribution in [3.05, 3.63) is 64.8 Å². The molecular formula is C19H17FN2O5S. The van der Waals surface area contributed by atoms with E-state index in [1.807, 2.05) is 0 Å². The van der Waals surface area contributed by atoms with Crippen molar-refractivity contribution in [3.8, 4) is 5.75 Å². The Labute approximate surface area is 164 Å². The lowest BCUT2D eigenvalue weighted by Gasteiger charge is -2.03. The molecule has 0 saturated carbocycles. The molecule has 146 valence electrons. The van der Waals surface area contributed by atoms with Gasteiger partial charge in [-0.2, -0.15) is 0 Å². The van der Waals surface area contributed by atoms with Gasteiger partial charge < -0.3 is 13.9 Å². The van der Waals surface area contributed by atoms with Crippen molar-refractivity contribution in [1.82, 2.24) is 4.98 Å². The number of thiazole rings is 1. The van der Waals surface area contributed by atoms with E-state index in [4.69, 9.17) is 13.9 Å². The molecule has 7 nitrogen and oxygen atoms in total. The van der Waals surface area contributed by atoms with E-state index in [1.54, 1.807) is 18.4 Å². The molecule has 3 aromatic rings. The van der Waals surface area contributed by atoms with Crippen LogP contribution in [-0.2, 0) is 22.6 Å². The number of halogens is 1. The summed E-state index contributed by atoms with van der Waals surface area (Å²) in [6.07, 6.45) is 0.0475. The number of furan rings is 1. The summed E-state index contributed by atoms with van der Waals surface area (Å²) in [5.74, 6) is -0.165. The van der Waals surface area contributed by atoms with Crippen LogP contribution >= 0.6 is 11.3 Å². The number of nitrogens with zero attached hydrogens (tertiary/aromatic N) is 1. The Morgan fingerprint density at radius 1 is 1.21 bits per heavy atom. The molecule has 2 heterocycles. The lowest BCUT2D eigenvalue weighted by Crippen LogP contribution is -2.11. The first kappa shape index (κ1) is 19.6. The number of carbonyl (C=O) groups excluding carboxylic acids is 2. The molecule has 9 heteroatoms. The van der Waals surface area contributed by atoms with Crippen LogP contribution in [-0.4, -0.2) is 23.5 Å². The molecule has 0 atom stereocenters. The summed E-state index contributed by atoms with van der Waals surface area (Å²) in [6.45, 7) is 2.13. The van der Waals surface area contributed by atoms with E-state index in [2.05, 4.69) is 10.3 Å². The Hall–Kier alpha value is -3.20. The maximum Gasteiger partial charge on any atom is 0.311 e. The molecule has 0 saturated heterocycles. The molecule has 3 rings (SSSR count). The van der Waals surface area contributed by atoms with E-state index in [9.17, 15) is 14.0 Å². The topological polar surface area (TPSA) is 90.7 Å². The van der Waals surface area contributed by atoms with Crippen molar-refractivity contribution in [2.24, 2.45) is 0 Å². The Kier molecular flexibility index (Phi) is 6.38. The number of amides is 1. The third-order valence-corrected chi connectivity index (χ3v) is 4.29. The highest BCUT2D eigenvalue weighted by atomic mass is 32.1. The van der Waals surface area contributed by atoms with Crippen molar-refractivity contribution in [2.75, 3.05) is 11.9 Å². The summed E-state index contributed by atoms with van der Waals surface area (Å²) in [5.41, 5.74) is 0.520. The molecule has 0 aliphatic carbocycles. The van der Waals surface area contributed by atoms with Gasteiger partial charge in [0.15, 0.2) is 10.9 Å². The van der Waals surface area contributed by atoms with Gasteiger partial charge in [0.25, 0.3) is 5.91 Å². The van der Waals surface area contributed by atoms with Crippen LogP contribution in [0.4, 0.5) is 9.52 Å². The maximum atomic E-state index is 12.9. The zero-order valence-electron chi connectivity index (χ0n) is 14.9. The van der Waals surface area contributed by atoms with E-state index in [-0.39, 0.29) is 30.6 Å². The summed E-state index contributed by atoms with van der Waals surface area (Å²) in [4.78, 5) is 27.9. The van der Waals surface area contributed by atoms with E-state index >= 15 is 0 Å². The highest BCUT2D eigenvalue weighted by Gasteiger charge is 2.15. The predicted molar refractivity (Wildman–Crippen MR) is 99.8 cm³/mol. The van der Waals surface area contributed by atoms with E-state index in [1.165, 1.54) is 41.7 Å². The molecular weight excluding hydrogens is 387 g/mol. The number of hydrogen-bond acceptors (Lipinski definition) is 7. The van der Waals surface area contributed by atoms with Crippen molar-refractivity contribution < 1.29 is 27.9 Å². The third-order valence-electron chi connectivity index (χ3n) is 3.48. The second kappa shape index (κ2) is 9.14. The molecule has 0 aliphatic rings. The number of aromatic nitrogens is 1. The van der Waals surface area contributed by atoms with Crippen molar-refractivity contribution in [1.29, 1.82) is 0 Å². The first-order valence-electron chi connectivity index (χ1n) is 8.42. The van der Waals surface area contributed by atoms with Gasteiger partial charge in [0, 0.05) is 5.38 Å². The summed E-state index contributed by atoms with van der Waals surface area (Å²) < 4.78 is 28.7. The van der Waals surface area contributed by atoms with Crippen LogP contribution in [0.2, 0.25) is 0 Å². The number of rotatable bonds is 8. The van der Waals surface area contributed by atoms with Gasteiger partial charge in [-0.1, -0.05) is 0 Å². The normalized spacial score (nSPS) is 10.5. The highest BCUT2D eigenvalue weighted by Crippen LogP contribution is 2.19. The highest BCUT2D eigenvalue weighted by molar-refractivity contribution is 7.14. The SMILES string of the molecule is CCOC(=O)Cc1csc(NC(=O)c2ccc(COc3ccc(F)cc3)o2)n1. The average molecular weight is 404 g/mol. The predicted octanol–water partition coefficient (Wildman–Crippen LogP) is 3.81. The number of hydrogen-bond donors (Lipinski definition) is 1. The zero-order valence-corrected chi connectivity index (χ0v) is 15.8. The third kappa shape index (κ3) is 5.40. The minimum atomic E-state index is -0.468. The monoisotopic (exact) mass is 404 g/mol. The average Bonchev–Trinajstić information content (AvgIpc) is 3.31. The zero-order chi connectivity index (χ0) is 19.9. The van der Waals surface area contributed by atoms with Crippen molar-refractivity contribution in [2.45, 2.75) is 20.0 Å². The smallest absolute Gasteiger partial charge is 0.311 e. The molecule has 0 fully saturated rings. The second-order valence-corrected chi connectivity index (χ2v) is 6.45. The van der Waals surface area contributed by atoms with Crippen LogP contribution in [0.1, 0.15) is 28.9 Å².